The van der Waals surface area contributed by atoms with Crippen LogP contribution in [0.2, 0.25) is 0 Å². The summed E-state index contributed by atoms with van der Waals surface area (Å²) in [5.41, 5.74) is 0.0734. The van der Waals surface area contributed by atoms with Crippen molar-refractivity contribution in [2.45, 2.75) is 52.7 Å². The molecule has 0 radical (unpaired) electrons. The van der Waals surface area contributed by atoms with E-state index in [9.17, 15) is 19.2 Å². The van der Waals surface area contributed by atoms with E-state index in [4.69, 9.17) is 4.74 Å². The summed E-state index contributed by atoms with van der Waals surface area (Å²) in [5.74, 6) is -1.28. The monoisotopic (exact) mass is 546 g/mol. The van der Waals surface area contributed by atoms with Gasteiger partial charge in [0.1, 0.15) is 17.3 Å². The van der Waals surface area contributed by atoms with Gasteiger partial charge in [0.05, 0.1) is 12.2 Å². The third kappa shape index (κ3) is 9.48. The topological polar surface area (TPSA) is 126 Å². The Labute approximate surface area is 213 Å². The van der Waals surface area contributed by atoms with Crippen LogP contribution in [0.1, 0.15) is 57.1 Å². The summed E-state index contributed by atoms with van der Waals surface area (Å²) in [7, 11) is 0. The molecule has 1 aromatic heterocycles. The molecule has 0 aliphatic carbocycles. The molecule has 1 atom stereocenters. The molecule has 9 nitrogen and oxygen atoms in total. The van der Waals surface area contributed by atoms with Crippen LogP contribution < -0.4 is 16.0 Å². The van der Waals surface area contributed by atoms with Crippen LogP contribution in [0.4, 0.5) is 10.5 Å². The van der Waals surface area contributed by atoms with Gasteiger partial charge in [0, 0.05) is 16.2 Å². The van der Waals surface area contributed by atoms with Gasteiger partial charge in [-0.1, -0.05) is 41.9 Å². The number of nitrogens with zero attached hydrogens (tertiary/aromatic N) is 1. The Morgan fingerprint density at radius 1 is 1.09 bits per heavy atom. The van der Waals surface area contributed by atoms with Crippen molar-refractivity contribution in [2.24, 2.45) is 5.92 Å². The molecule has 0 fully saturated rings. The fourth-order valence-electron chi connectivity index (χ4n) is 3.09. The molecule has 1 aromatic carbocycles. The number of alkyl carbamates (subject to hydrolysis) is 1. The summed E-state index contributed by atoms with van der Waals surface area (Å²) in [6.07, 6.45) is 1.16. The van der Waals surface area contributed by atoms with E-state index in [0.29, 0.717) is 16.6 Å². The summed E-state index contributed by atoms with van der Waals surface area (Å²) in [5, 5.41) is 7.76. The van der Waals surface area contributed by atoms with Crippen LogP contribution in [0.15, 0.2) is 47.1 Å². The molecule has 3 amide bonds. The van der Waals surface area contributed by atoms with Crippen molar-refractivity contribution in [1.82, 2.24) is 15.6 Å². The lowest BCUT2D eigenvalue weighted by Gasteiger charge is -2.24. The van der Waals surface area contributed by atoms with Crippen molar-refractivity contribution < 1.29 is 23.9 Å². The van der Waals surface area contributed by atoms with Crippen LogP contribution in [0.25, 0.3) is 0 Å². The van der Waals surface area contributed by atoms with Crippen molar-refractivity contribution in [3.05, 3.63) is 58.3 Å². The lowest BCUT2D eigenvalue weighted by molar-refractivity contribution is -0.126. The normalized spacial score (nSPS) is 12.0. The van der Waals surface area contributed by atoms with Gasteiger partial charge in [-0.2, -0.15) is 0 Å². The summed E-state index contributed by atoms with van der Waals surface area (Å²) >= 11 is 3.31. The molecule has 188 valence electrons. The predicted octanol–water partition coefficient (Wildman–Crippen LogP) is 4.07. The van der Waals surface area contributed by atoms with Crippen LogP contribution >= 0.6 is 15.9 Å². The van der Waals surface area contributed by atoms with E-state index in [1.165, 1.54) is 6.20 Å². The van der Waals surface area contributed by atoms with Crippen molar-refractivity contribution in [2.75, 3.05) is 11.9 Å². The number of pyridine rings is 1. The Balaban J connectivity index is 2.03. The number of anilines is 1. The number of para-hydroxylation sites is 1. The minimum Gasteiger partial charge on any atom is -0.444 e. The van der Waals surface area contributed by atoms with Crippen molar-refractivity contribution in [3.8, 4) is 0 Å². The van der Waals surface area contributed by atoms with Gasteiger partial charge < -0.3 is 20.7 Å². The van der Waals surface area contributed by atoms with Gasteiger partial charge in [0.2, 0.25) is 17.6 Å². The molecule has 0 bridgehead atoms. The molecule has 2 aromatic rings. The Morgan fingerprint density at radius 2 is 1.77 bits per heavy atom. The van der Waals surface area contributed by atoms with Crippen LogP contribution in [-0.4, -0.2) is 46.9 Å². The first-order valence-corrected chi connectivity index (χ1v) is 12.0. The van der Waals surface area contributed by atoms with E-state index in [1.54, 1.807) is 57.2 Å². The number of aromatic nitrogens is 1. The zero-order chi connectivity index (χ0) is 26.2. The molecule has 35 heavy (non-hydrogen) atoms. The van der Waals surface area contributed by atoms with E-state index in [2.05, 4.69) is 36.9 Å². The molecule has 0 saturated heterocycles. The number of amides is 3. The van der Waals surface area contributed by atoms with Gasteiger partial charge in [0.25, 0.3) is 0 Å². The third-order valence-corrected chi connectivity index (χ3v) is 5.03. The number of nitrogens with one attached hydrogen (secondary N) is 3. The highest BCUT2D eigenvalue weighted by Crippen LogP contribution is 2.20. The zero-order valence-corrected chi connectivity index (χ0v) is 22.1. The number of halogens is 1. The Hall–Kier alpha value is -3.27. The van der Waals surface area contributed by atoms with E-state index < -0.39 is 29.6 Å². The number of hydrogen-bond acceptors (Lipinski definition) is 6. The van der Waals surface area contributed by atoms with Crippen molar-refractivity contribution in [3.63, 3.8) is 0 Å². The Kier molecular flexibility index (Phi) is 9.94. The van der Waals surface area contributed by atoms with Gasteiger partial charge in [-0.05, 0) is 57.4 Å². The quantitative estimate of drug-likeness (QED) is 0.407. The molecule has 0 aliphatic heterocycles. The highest BCUT2D eigenvalue weighted by molar-refractivity contribution is 9.10. The van der Waals surface area contributed by atoms with Gasteiger partial charge in [-0.3, -0.25) is 19.4 Å². The van der Waals surface area contributed by atoms with Gasteiger partial charge in [-0.15, -0.1) is 0 Å². The molecule has 10 heteroatoms. The number of hydrogen-bond donors (Lipinski definition) is 3. The summed E-state index contributed by atoms with van der Waals surface area (Å²) in [6.45, 7) is 8.66. The molecule has 0 aliphatic rings. The maximum absolute atomic E-state index is 12.9. The maximum atomic E-state index is 12.9. The summed E-state index contributed by atoms with van der Waals surface area (Å²) in [6, 6.07) is 8.98. The number of ketones is 1. The van der Waals surface area contributed by atoms with Gasteiger partial charge in [-0.25, -0.2) is 4.79 Å². The first-order chi connectivity index (χ1) is 16.4. The fraction of sp³-hybridized carbons (Fsp3) is 0.400. The zero-order valence-electron chi connectivity index (χ0n) is 20.5. The van der Waals surface area contributed by atoms with Crippen molar-refractivity contribution >= 4 is 45.3 Å². The maximum Gasteiger partial charge on any atom is 0.408 e. The lowest BCUT2D eigenvalue weighted by atomic mass is 10.0. The third-order valence-electron chi connectivity index (χ3n) is 4.54. The van der Waals surface area contributed by atoms with E-state index in [1.807, 2.05) is 13.8 Å². The molecule has 3 N–H and O–H groups in total. The number of benzene rings is 1. The molecule has 0 unspecified atom stereocenters. The number of rotatable bonds is 9. The molecular formula is C25H31BrN4O5. The second kappa shape index (κ2) is 12.4. The van der Waals surface area contributed by atoms with Crippen LogP contribution in [-0.2, 0) is 14.3 Å². The van der Waals surface area contributed by atoms with Gasteiger partial charge in [0.15, 0.2) is 0 Å². The highest BCUT2D eigenvalue weighted by Gasteiger charge is 2.25. The molecule has 1 heterocycles. The van der Waals surface area contributed by atoms with E-state index in [-0.39, 0.29) is 29.5 Å². The lowest BCUT2D eigenvalue weighted by Crippen LogP contribution is -2.50. The van der Waals surface area contributed by atoms with E-state index in [0.717, 1.165) is 0 Å². The minimum absolute atomic E-state index is 0.110. The first-order valence-electron chi connectivity index (χ1n) is 11.2. The second-order valence-electron chi connectivity index (χ2n) is 9.33. The summed E-state index contributed by atoms with van der Waals surface area (Å²) < 4.78 is 5.94. The highest BCUT2D eigenvalue weighted by atomic mass is 79.9. The first kappa shape index (κ1) is 28.0. The van der Waals surface area contributed by atoms with Crippen LogP contribution in [0.3, 0.4) is 0 Å². The van der Waals surface area contributed by atoms with Crippen LogP contribution in [0, 0.1) is 5.92 Å². The molecule has 2 rings (SSSR count). The Bertz CT molecular complexity index is 1080. The largest absolute Gasteiger partial charge is 0.444 e. The van der Waals surface area contributed by atoms with Gasteiger partial charge >= 0.3 is 6.09 Å². The fourth-order valence-corrected chi connectivity index (χ4v) is 3.43. The number of carbonyl (C=O) groups excluding carboxylic acids is 4. The average molecular weight is 547 g/mol. The SMILES string of the molecule is CC(C)C[C@H](NC(=O)OC(C)(C)C)C(=O)NCC(=O)Nc1ccccc1C(=O)c1cc(Br)ccn1. The molecular weight excluding hydrogens is 516 g/mol. The second-order valence-corrected chi connectivity index (χ2v) is 10.2. The Morgan fingerprint density at radius 3 is 2.40 bits per heavy atom. The predicted molar refractivity (Wildman–Crippen MR) is 136 cm³/mol. The van der Waals surface area contributed by atoms with Crippen molar-refractivity contribution in [1.29, 1.82) is 0 Å². The number of carbonyl (C=O) groups is 4. The number of ether oxygens (including phenoxy) is 1. The standard InChI is InChI=1S/C25H31BrN4O5/c1-15(2)12-20(30-24(34)35-25(3,4)5)23(33)28-14-21(31)29-18-9-7-6-8-17(18)22(32)19-13-16(26)10-11-27-19/h6-11,13,15,20H,12,14H2,1-5H3,(H,28,33)(H,29,31)(H,30,34)/t20-/m0/s1. The summed E-state index contributed by atoms with van der Waals surface area (Å²) in [4.78, 5) is 54.4. The smallest absolute Gasteiger partial charge is 0.408 e. The minimum atomic E-state index is -0.867. The van der Waals surface area contributed by atoms with E-state index >= 15 is 0 Å². The van der Waals surface area contributed by atoms with Crippen LogP contribution in [0.5, 0.6) is 0 Å². The average Bonchev–Trinajstić information content (AvgIpc) is 2.75. The molecule has 0 saturated carbocycles. The molecule has 0 spiro atoms.